The van der Waals surface area contributed by atoms with Crippen molar-refractivity contribution in [3.05, 3.63) is 11.6 Å². The number of aliphatic hydroxyl groups is 1. The molecule has 0 aromatic carbocycles. The Morgan fingerprint density at radius 2 is 1.91 bits per heavy atom. The second-order valence-corrected chi connectivity index (χ2v) is 12.0. The van der Waals surface area contributed by atoms with Gasteiger partial charge in [0.1, 0.15) is 12.0 Å². The molecular formula is C26H36O7. The first-order valence-electron chi connectivity index (χ1n) is 12.3. The molecule has 0 radical (unpaired) electrons. The number of carbonyl (C=O) groups is 3. The number of ether oxygens (including phenoxy) is 3. The monoisotopic (exact) mass is 460 g/mol. The third kappa shape index (κ3) is 2.74. The Bertz CT molecular complexity index is 941. The summed E-state index contributed by atoms with van der Waals surface area (Å²) in [6, 6.07) is 0. The van der Waals surface area contributed by atoms with Gasteiger partial charge in [-0.15, -0.1) is 0 Å². The molecule has 0 unspecified atom stereocenters. The van der Waals surface area contributed by atoms with E-state index >= 15 is 0 Å². The van der Waals surface area contributed by atoms with E-state index in [1.807, 2.05) is 0 Å². The van der Waals surface area contributed by atoms with Crippen molar-refractivity contribution in [3.8, 4) is 0 Å². The zero-order valence-electron chi connectivity index (χ0n) is 20.2. The van der Waals surface area contributed by atoms with E-state index in [1.165, 1.54) is 0 Å². The van der Waals surface area contributed by atoms with Crippen LogP contribution in [0.1, 0.15) is 79.1 Å². The number of rotatable bonds is 2. The molecule has 3 aliphatic carbocycles. The van der Waals surface area contributed by atoms with Crippen LogP contribution in [0.3, 0.4) is 0 Å². The molecule has 5 fully saturated rings. The van der Waals surface area contributed by atoms with Gasteiger partial charge in [0.15, 0.2) is 5.60 Å². The van der Waals surface area contributed by atoms with E-state index in [0.717, 1.165) is 32.1 Å². The van der Waals surface area contributed by atoms with E-state index in [-0.39, 0.29) is 34.7 Å². The van der Waals surface area contributed by atoms with Crippen LogP contribution in [-0.4, -0.2) is 47.9 Å². The van der Waals surface area contributed by atoms with Crippen molar-refractivity contribution in [2.45, 2.75) is 90.8 Å². The van der Waals surface area contributed by atoms with E-state index < -0.39 is 29.1 Å². The van der Waals surface area contributed by atoms with Gasteiger partial charge in [-0.05, 0) is 75.5 Å². The number of fused-ring (bicyclic) bond motifs is 2. The van der Waals surface area contributed by atoms with Crippen molar-refractivity contribution in [1.82, 2.24) is 0 Å². The largest absolute Gasteiger partial charge is 0.465 e. The molecular weight excluding hydrogens is 424 g/mol. The molecule has 1 N–H and O–H groups in total. The van der Waals surface area contributed by atoms with Crippen LogP contribution in [0.2, 0.25) is 0 Å². The van der Waals surface area contributed by atoms with Crippen LogP contribution in [0.25, 0.3) is 0 Å². The number of cyclic esters (lactones) is 2. The fraction of sp³-hybridized carbons (Fsp3) is 0.808. The molecule has 0 bridgehead atoms. The van der Waals surface area contributed by atoms with Crippen molar-refractivity contribution < 1.29 is 33.7 Å². The summed E-state index contributed by atoms with van der Waals surface area (Å²) in [5.74, 6) is -1.19. The lowest BCUT2D eigenvalue weighted by molar-refractivity contribution is -0.268. The summed E-state index contributed by atoms with van der Waals surface area (Å²) in [5, 5.41) is 11.8. The Kier molecular flexibility index (Phi) is 4.90. The molecule has 33 heavy (non-hydrogen) atoms. The summed E-state index contributed by atoms with van der Waals surface area (Å²) >= 11 is 0. The number of hydrogen-bond donors (Lipinski definition) is 1. The maximum absolute atomic E-state index is 13.6. The van der Waals surface area contributed by atoms with Gasteiger partial charge in [0, 0.05) is 11.0 Å². The van der Waals surface area contributed by atoms with Gasteiger partial charge < -0.3 is 19.3 Å². The van der Waals surface area contributed by atoms with Gasteiger partial charge >= 0.3 is 17.9 Å². The highest BCUT2D eigenvalue weighted by atomic mass is 16.6. The van der Waals surface area contributed by atoms with Gasteiger partial charge in [-0.1, -0.05) is 19.9 Å². The molecule has 0 aromatic rings. The molecule has 5 aliphatic rings. The van der Waals surface area contributed by atoms with Crippen LogP contribution in [0.4, 0.5) is 0 Å². The van der Waals surface area contributed by atoms with Gasteiger partial charge in [0.25, 0.3) is 0 Å². The van der Waals surface area contributed by atoms with Crippen molar-refractivity contribution in [3.63, 3.8) is 0 Å². The number of carbonyl (C=O) groups excluding carboxylic acids is 3. The Morgan fingerprint density at radius 1 is 1.15 bits per heavy atom. The fourth-order valence-corrected chi connectivity index (χ4v) is 8.55. The minimum absolute atomic E-state index is 0.00119. The Labute approximate surface area is 195 Å². The lowest BCUT2D eigenvalue weighted by atomic mass is 9.35. The van der Waals surface area contributed by atoms with Gasteiger partial charge in [-0.25, -0.2) is 4.79 Å². The van der Waals surface area contributed by atoms with E-state index in [4.69, 9.17) is 14.2 Å². The SMILES string of the molecule is C/C=C(\C)C(=O)O[C@@]12CCC[C@H]3[C@@]1(C(=O)OC2)[C@@H](O)C[C@]1(C)C[C@@]2(CC[C@]31C)COC(=O)C2. The maximum Gasteiger partial charge on any atom is 0.334 e. The van der Waals surface area contributed by atoms with Crippen molar-refractivity contribution in [1.29, 1.82) is 0 Å². The lowest BCUT2D eigenvalue weighted by Crippen LogP contribution is -2.73. The predicted molar refractivity (Wildman–Crippen MR) is 118 cm³/mol. The predicted octanol–water partition coefficient (Wildman–Crippen LogP) is 3.47. The van der Waals surface area contributed by atoms with E-state index in [0.29, 0.717) is 31.4 Å². The normalized spacial score (nSPS) is 49.1. The molecule has 182 valence electrons. The second-order valence-electron chi connectivity index (χ2n) is 12.0. The summed E-state index contributed by atoms with van der Waals surface area (Å²) in [5.41, 5.74) is -2.65. The van der Waals surface area contributed by atoms with E-state index in [9.17, 15) is 19.5 Å². The molecule has 0 amide bonds. The standard InChI is InChI=1S/C26H36O7/c1-5-16(2)20(29)33-25-8-6-7-17-23(4)9-10-24(12-19(28)31-14-24)13-22(23,3)11-18(27)26(17,25)21(30)32-15-25/h5,17-18,27H,6-15H2,1-4H3/b16-5+/t17-,18+,22-,23-,24+,25-,26+/m1/s1. The van der Waals surface area contributed by atoms with E-state index in [2.05, 4.69) is 13.8 Å². The molecule has 2 aliphatic heterocycles. The molecule has 2 saturated heterocycles. The number of aliphatic hydroxyl groups excluding tert-OH is 1. The van der Waals surface area contributed by atoms with Gasteiger partial charge in [-0.2, -0.15) is 0 Å². The van der Waals surface area contributed by atoms with Crippen molar-refractivity contribution >= 4 is 17.9 Å². The average molecular weight is 461 g/mol. The fourth-order valence-electron chi connectivity index (χ4n) is 8.55. The quantitative estimate of drug-likeness (QED) is 0.383. The summed E-state index contributed by atoms with van der Waals surface area (Å²) in [4.78, 5) is 38.5. The average Bonchev–Trinajstić information content (AvgIpc) is 3.27. The Morgan fingerprint density at radius 3 is 2.58 bits per heavy atom. The molecule has 7 atom stereocenters. The molecule has 2 heterocycles. The van der Waals surface area contributed by atoms with Crippen LogP contribution >= 0.6 is 0 Å². The molecule has 3 saturated carbocycles. The van der Waals surface area contributed by atoms with Crippen molar-refractivity contribution in [2.24, 2.45) is 27.6 Å². The van der Waals surface area contributed by atoms with Crippen LogP contribution < -0.4 is 0 Å². The molecule has 5 rings (SSSR count). The summed E-state index contributed by atoms with van der Waals surface area (Å²) in [6.45, 7) is 8.37. The smallest absolute Gasteiger partial charge is 0.334 e. The summed E-state index contributed by atoms with van der Waals surface area (Å²) in [7, 11) is 0. The van der Waals surface area contributed by atoms with Gasteiger partial charge in [0.05, 0.1) is 19.1 Å². The maximum atomic E-state index is 13.6. The van der Waals surface area contributed by atoms with E-state index in [1.54, 1.807) is 19.9 Å². The van der Waals surface area contributed by atoms with Crippen LogP contribution in [0.5, 0.6) is 0 Å². The highest BCUT2D eigenvalue weighted by molar-refractivity contribution is 5.90. The minimum Gasteiger partial charge on any atom is -0.465 e. The highest BCUT2D eigenvalue weighted by Gasteiger charge is 2.80. The summed E-state index contributed by atoms with van der Waals surface area (Å²) in [6.07, 6.45) is 6.12. The molecule has 7 nitrogen and oxygen atoms in total. The zero-order valence-corrected chi connectivity index (χ0v) is 20.2. The Balaban J connectivity index is 1.58. The Hall–Kier alpha value is -1.89. The second kappa shape index (κ2) is 7.06. The first-order valence-corrected chi connectivity index (χ1v) is 12.3. The molecule has 0 aromatic heterocycles. The number of allylic oxidation sites excluding steroid dienone is 1. The van der Waals surface area contributed by atoms with Crippen LogP contribution in [-0.2, 0) is 28.6 Å². The highest BCUT2D eigenvalue weighted by Crippen LogP contribution is 2.74. The number of esters is 3. The minimum atomic E-state index is -1.25. The first kappa shape index (κ1) is 22.9. The van der Waals surface area contributed by atoms with Crippen LogP contribution in [0, 0.1) is 27.6 Å². The first-order chi connectivity index (χ1) is 15.5. The summed E-state index contributed by atoms with van der Waals surface area (Å²) < 4.78 is 17.2. The number of hydrogen-bond acceptors (Lipinski definition) is 7. The third-order valence-corrected chi connectivity index (χ3v) is 10.5. The third-order valence-electron chi connectivity index (χ3n) is 10.5. The molecule has 2 spiro atoms. The zero-order chi connectivity index (χ0) is 23.9. The van der Waals surface area contributed by atoms with Gasteiger partial charge in [-0.3, -0.25) is 9.59 Å². The van der Waals surface area contributed by atoms with Crippen molar-refractivity contribution in [2.75, 3.05) is 13.2 Å². The van der Waals surface area contributed by atoms with Crippen LogP contribution in [0.15, 0.2) is 11.6 Å². The topological polar surface area (TPSA) is 99.1 Å². The lowest BCUT2D eigenvalue weighted by Gasteiger charge is -2.69. The van der Waals surface area contributed by atoms with Gasteiger partial charge in [0.2, 0.25) is 0 Å². The molecule has 7 heteroatoms.